The van der Waals surface area contributed by atoms with E-state index < -0.39 is 5.97 Å². The van der Waals surface area contributed by atoms with Crippen molar-refractivity contribution < 1.29 is 9.90 Å². The maximum absolute atomic E-state index is 10.8. The van der Waals surface area contributed by atoms with Crippen molar-refractivity contribution in [2.24, 2.45) is 0 Å². The average Bonchev–Trinajstić information content (AvgIpc) is 2.41. The Labute approximate surface area is 118 Å². The summed E-state index contributed by atoms with van der Waals surface area (Å²) in [6.45, 7) is 0.831. The van der Waals surface area contributed by atoms with Crippen LogP contribution >= 0.6 is 11.6 Å². The highest BCUT2D eigenvalue weighted by Crippen LogP contribution is 2.24. The first-order chi connectivity index (χ1) is 9.16. The van der Waals surface area contributed by atoms with Crippen LogP contribution in [0.3, 0.4) is 0 Å². The molecule has 1 aromatic rings. The van der Waals surface area contributed by atoms with Crippen molar-refractivity contribution in [2.45, 2.75) is 32.1 Å². The Balaban J connectivity index is 1.89. The largest absolute Gasteiger partial charge is 0.478 e. The normalized spacial score (nSPS) is 14.9. The Bertz CT molecular complexity index is 497. The van der Waals surface area contributed by atoms with Gasteiger partial charge in [0.2, 0.25) is 0 Å². The summed E-state index contributed by atoms with van der Waals surface area (Å²) in [5.74, 6) is -0.958. The lowest BCUT2D eigenvalue weighted by Crippen LogP contribution is -2.05. The topological polar surface area (TPSA) is 49.3 Å². The van der Waals surface area contributed by atoms with Gasteiger partial charge in [0.25, 0.3) is 0 Å². The van der Waals surface area contributed by atoms with Crippen molar-refractivity contribution in [1.29, 1.82) is 0 Å². The van der Waals surface area contributed by atoms with Gasteiger partial charge in [-0.1, -0.05) is 23.3 Å². The molecule has 0 unspecified atom stereocenters. The summed E-state index contributed by atoms with van der Waals surface area (Å²) >= 11 is 6.05. The minimum absolute atomic E-state index is 0.213. The lowest BCUT2D eigenvalue weighted by molar-refractivity contribution is 0.0697. The van der Waals surface area contributed by atoms with Gasteiger partial charge in [0.1, 0.15) is 0 Å². The number of allylic oxidation sites excluding steroid dienone is 1. The number of hydrogen-bond acceptors (Lipinski definition) is 2. The first-order valence-corrected chi connectivity index (χ1v) is 6.99. The molecule has 0 radical (unpaired) electrons. The van der Waals surface area contributed by atoms with E-state index in [0.717, 1.165) is 18.7 Å². The second-order valence-electron chi connectivity index (χ2n) is 4.78. The third-order valence-electron chi connectivity index (χ3n) is 3.36. The van der Waals surface area contributed by atoms with Crippen LogP contribution < -0.4 is 5.32 Å². The smallest absolute Gasteiger partial charge is 0.335 e. The summed E-state index contributed by atoms with van der Waals surface area (Å²) in [6.07, 6.45) is 8.35. The van der Waals surface area contributed by atoms with Crippen LogP contribution in [-0.2, 0) is 0 Å². The van der Waals surface area contributed by atoms with Gasteiger partial charge in [0.05, 0.1) is 16.3 Å². The van der Waals surface area contributed by atoms with Crippen molar-refractivity contribution in [1.82, 2.24) is 0 Å². The summed E-state index contributed by atoms with van der Waals surface area (Å²) < 4.78 is 0. The SMILES string of the molecule is O=C(O)c1ccc(NCCC2=CCCCC2)c(Cl)c1. The number of anilines is 1. The van der Waals surface area contributed by atoms with Gasteiger partial charge in [0.15, 0.2) is 0 Å². The van der Waals surface area contributed by atoms with E-state index in [0.29, 0.717) is 5.02 Å². The lowest BCUT2D eigenvalue weighted by Gasteiger charge is -2.14. The number of carbonyl (C=O) groups is 1. The molecule has 0 fully saturated rings. The van der Waals surface area contributed by atoms with Crippen LogP contribution in [0.4, 0.5) is 5.69 Å². The molecule has 19 heavy (non-hydrogen) atoms. The summed E-state index contributed by atoms with van der Waals surface area (Å²) in [4.78, 5) is 10.8. The molecule has 0 aliphatic heterocycles. The van der Waals surface area contributed by atoms with Crippen LogP contribution in [0.1, 0.15) is 42.5 Å². The molecule has 0 bridgehead atoms. The molecule has 102 valence electrons. The van der Waals surface area contributed by atoms with Gasteiger partial charge >= 0.3 is 5.97 Å². The number of carboxylic acids is 1. The van der Waals surface area contributed by atoms with E-state index in [9.17, 15) is 4.79 Å². The molecule has 0 amide bonds. The standard InChI is InChI=1S/C15H18ClNO2/c16-13-10-12(15(18)19)6-7-14(13)17-9-8-11-4-2-1-3-5-11/h4,6-7,10,17H,1-3,5,8-9H2,(H,18,19). The molecule has 1 aromatic carbocycles. The Morgan fingerprint density at radius 3 is 2.84 bits per heavy atom. The van der Waals surface area contributed by atoms with E-state index in [1.807, 2.05) is 0 Å². The summed E-state index contributed by atoms with van der Waals surface area (Å²) in [5.41, 5.74) is 2.52. The van der Waals surface area contributed by atoms with Crippen LogP contribution in [0.5, 0.6) is 0 Å². The monoisotopic (exact) mass is 279 g/mol. The van der Waals surface area contributed by atoms with Gasteiger partial charge in [-0.05, 0) is 50.3 Å². The maximum Gasteiger partial charge on any atom is 0.335 e. The minimum Gasteiger partial charge on any atom is -0.478 e. The maximum atomic E-state index is 10.8. The highest BCUT2D eigenvalue weighted by atomic mass is 35.5. The number of benzene rings is 1. The Morgan fingerprint density at radius 2 is 2.21 bits per heavy atom. The second-order valence-corrected chi connectivity index (χ2v) is 5.19. The zero-order valence-corrected chi connectivity index (χ0v) is 11.5. The van der Waals surface area contributed by atoms with Crippen LogP contribution in [0, 0.1) is 0 Å². The summed E-state index contributed by atoms with van der Waals surface area (Å²) in [5, 5.41) is 12.6. The number of hydrogen-bond donors (Lipinski definition) is 2. The molecular weight excluding hydrogens is 262 g/mol. The zero-order chi connectivity index (χ0) is 13.7. The summed E-state index contributed by atoms with van der Waals surface area (Å²) in [7, 11) is 0. The number of halogens is 1. The number of carboxylic acid groups (broad SMARTS) is 1. The van der Waals surface area contributed by atoms with E-state index in [4.69, 9.17) is 16.7 Å². The molecule has 0 saturated heterocycles. The van der Waals surface area contributed by atoms with Gasteiger partial charge < -0.3 is 10.4 Å². The predicted octanol–water partition coefficient (Wildman–Crippen LogP) is 4.34. The third kappa shape index (κ3) is 4.00. The van der Waals surface area contributed by atoms with Crippen molar-refractivity contribution in [3.63, 3.8) is 0 Å². The molecule has 3 nitrogen and oxygen atoms in total. The fourth-order valence-corrected chi connectivity index (χ4v) is 2.53. The molecule has 0 aromatic heterocycles. The van der Waals surface area contributed by atoms with Gasteiger partial charge in [-0.3, -0.25) is 0 Å². The third-order valence-corrected chi connectivity index (χ3v) is 3.68. The second kappa shape index (κ2) is 6.62. The summed E-state index contributed by atoms with van der Waals surface area (Å²) in [6, 6.07) is 4.77. The van der Waals surface area contributed by atoms with Gasteiger partial charge in [0, 0.05) is 6.54 Å². The van der Waals surface area contributed by atoms with Crippen LogP contribution in [0.15, 0.2) is 29.8 Å². The molecule has 4 heteroatoms. The molecule has 0 atom stereocenters. The van der Waals surface area contributed by atoms with Crippen LogP contribution in [0.2, 0.25) is 5.02 Å². The zero-order valence-electron chi connectivity index (χ0n) is 10.8. The van der Waals surface area contributed by atoms with E-state index in [1.165, 1.54) is 37.3 Å². The molecule has 2 N–H and O–H groups in total. The molecule has 0 spiro atoms. The Morgan fingerprint density at radius 1 is 1.37 bits per heavy atom. The minimum atomic E-state index is -0.958. The van der Waals surface area contributed by atoms with E-state index in [2.05, 4.69) is 11.4 Å². The molecule has 1 aliphatic rings. The fraction of sp³-hybridized carbons (Fsp3) is 0.400. The van der Waals surface area contributed by atoms with Crippen molar-refractivity contribution >= 4 is 23.3 Å². The molecule has 0 heterocycles. The molecular formula is C15H18ClNO2. The predicted molar refractivity (Wildman–Crippen MR) is 78.1 cm³/mol. The first kappa shape index (κ1) is 13.9. The molecule has 0 saturated carbocycles. The lowest BCUT2D eigenvalue weighted by atomic mass is 9.97. The highest BCUT2D eigenvalue weighted by molar-refractivity contribution is 6.33. The van der Waals surface area contributed by atoms with Gasteiger partial charge in [-0.15, -0.1) is 0 Å². The van der Waals surface area contributed by atoms with Crippen LogP contribution in [-0.4, -0.2) is 17.6 Å². The van der Waals surface area contributed by atoms with Crippen molar-refractivity contribution in [3.8, 4) is 0 Å². The number of nitrogens with one attached hydrogen (secondary N) is 1. The van der Waals surface area contributed by atoms with Crippen molar-refractivity contribution in [3.05, 3.63) is 40.4 Å². The highest BCUT2D eigenvalue weighted by Gasteiger charge is 2.07. The van der Waals surface area contributed by atoms with Gasteiger partial charge in [-0.25, -0.2) is 4.79 Å². The average molecular weight is 280 g/mol. The quantitative estimate of drug-likeness (QED) is 0.788. The Kier molecular flexibility index (Phi) is 4.86. The number of aromatic carboxylic acids is 1. The fourth-order valence-electron chi connectivity index (χ4n) is 2.28. The van der Waals surface area contributed by atoms with E-state index in [-0.39, 0.29) is 5.56 Å². The number of rotatable bonds is 5. The van der Waals surface area contributed by atoms with Crippen LogP contribution in [0.25, 0.3) is 0 Å². The van der Waals surface area contributed by atoms with E-state index >= 15 is 0 Å². The van der Waals surface area contributed by atoms with Gasteiger partial charge in [-0.2, -0.15) is 0 Å². The Hall–Kier alpha value is -1.48. The van der Waals surface area contributed by atoms with E-state index in [1.54, 1.807) is 12.1 Å². The van der Waals surface area contributed by atoms with Crippen molar-refractivity contribution in [2.75, 3.05) is 11.9 Å². The molecule has 1 aliphatic carbocycles. The molecule has 2 rings (SSSR count). The first-order valence-electron chi connectivity index (χ1n) is 6.61.